The Morgan fingerprint density at radius 3 is 3.11 bits per heavy atom. The van der Waals surface area contributed by atoms with Gasteiger partial charge in [-0.2, -0.15) is 0 Å². The molecule has 0 spiro atoms. The molecule has 0 bridgehead atoms. The number of benzene rings is 1. The molecule has 1 aliphatic heterocycles. The average molecular weight is 274 g/mol. The van der Waals surface area contributed by atoms with Crippen molar-refractivity contribution >= 4 is 11.3 Å². The van der Waals surface area contributed by atoms with E-state index in [9.17, 15) is 0 Å². The first-order chi connectivity index (χ1) is 9.21. The molecule has 3 rings (SSSR count). The summed E-state index contributed by atoms with van der Waals surface area (Å²) in [5.74, 6) is 0. The van der Waals surface area contributed by atoms with Crippen molar-refractivity contribution in [2.24, 2.45) is 5.73 Å². The first-order valence-electron chi connectivity index (χ1n) is 6.61. The molecule has 1 aliphatic rings. The Morgan fingerprint density at radius 2 is 2.37 bits per heavy atom. The smallest absolute Gasteiger partial charge is 0.125 e. The SMILES string of the molecule is CC1(c2nc(-c3cccc(CN)c3)cs2)CCCO1. The molecule has 0 amide bonds. The van der Waals surface area contributed by atoms with E-state index in [0.29, 0.717) is 6.54 Å². The Labute approximate surface area is 117 Å². The van der Waals surface area contributed by atoms with Gasteiger partial charge in [0.25, 0.3) is 0 Å². The second-order valence-corrected chi connectivity index (χ2v) is 5.98. The van der Waals surface area contributed by atoms with Gasteiger partial charge in [-0.3, -0.25) is 0 Å². The highest BCUT2D eigenvalue weighted by atomic mass is 32.1. The monoisotopic (exact) mass is 274 g/mol. The van der Waals surface area contributed by atoms with Crippen LogP contribution in [0.3, 0.4) is 0 Å². The highest BCUT2D eigenvalue weighted by molar-refractivity contribution is 7.10. The fourth-order valence-corrected chi connectivity index (χ4v) is 3.43. The van der Waals surface area contributed by atoms with Gasteiger partial charge >= 0.3 is 0 Å². The van der Waals surface area contributed by atoms with Crippen LogP contribution >= 0.6 is 11.3 Å². The lowest BCUT2D eigenvalue weighted by Gasteiger charge is -2.19. The van der Waals surface area contributed by atoms with Crippen LogP contribution in [-0.2, 0) is 16.9 Å². The predicted octanol–water partition coefficient (Wildman–Crippen LogP) is 3.29. The summed E-state index contributed by atoms with van der Waals surface area (Å²) in [7, 11) is 0. The summed E-state index contributed by atoms with van der Waals surface area (Å²) < 4.78 is 5.85. The van der Waals surface area contributed by atoms with Gasteiger partial charge in [0.05, 0.1) is 5.69 Å². The molecular formula is C15H18N2OS. The van der Waals surface area contributed by atoms with Crippen molar-refractivity contribution in [3.8, 4) is 11.3 Å². The molecule has 1 atom stereocenters. The zero-order chi connectivity index (χ0) is 13.3. The normalized spacial score (nSPS) is 22.8. The number of thiazole rings is 1. The minimum atomic E-state index is -0.186. The van der Waals surface area contributed by atoms with Gasteiger partial charge in [-0.15, -0.1) is 11.3 Å². The summed E-state index contributed by atoms with van der Waals surface area (Å²) >= 11 is 1.69. The van der Waals surface area contributed by atoms with Gasteiger partial charge in [-0.25, -0.2) is 4.98 Å². The van der Waals surface area contributed by atoms with Crippen LogP contribution in [0.4, 0.5) is 0 Å². The van der Waals surface area contributed by atoms with E-state index in [1.807, 2.05) is 12.1 Å². The molecule has 2 N–H and O–H groups in total. The lowest BCUT2D eigenvalue weighted by molar-refractivity contribution is 0.0167. The number of ether oxygens (including phenoxy) is 1. The van der Waals surface area contributed by atoms with Crippen molar-refractivity contribution in [3.05, 3.63) is 40.2 Å². The van der Waals surface area contributed by atoms with Gasteiger partial charge in [0.15, 0.2) is 0 Å². The first-order valence-corrected chi connectivity index (χ1v) is 7.48. The molecule has 2 aromatic rings. The van der Waals surface area contributed by atoms with E-state index in [1.54, 1.807) is 11.3 Å². The summed E-state index contributed by atoms with van der Waals surface area (Å²) in [6, 6.07) is 8.26. The van der Waals surface area contributed by atoms with E-state index in [2.05, 4.69) is 24.4 Å². The molecule has 100 valence electrons. The summed E-state index contributed by atoms with van der Waals surface area (Å²) in [6.45, 7) is 3.54. The van der Waals surface area contributed by atoms with Crippen LogP contribution in [0.1, 0.15) is 30.3 Å². The van der Waals surface area contributed by atoms with Crippen LogP contribution in [0, 0.1) is 0 Å². The molecule has 19 heavy (non-hydrogen) atoms. The van der Waals surface area contributed by atoms with Crippen molar-refractivity contribution in [2.45, 2.75) is 31.9 Å². The number of hydrogen-bond donors (Lipinski definition) is 1. The maximum Gasteiger partial charge on any atom is 0.125 e. The summed E-state index contributed by atoms with van der Waals surface area (Å²) in [4.78, 5) is 4.76. The van der Waals surface area contributed by atoms with E-state index in [-0.39, 0.29) is 5.60 Å². The van der Waals surface area contributed by atoms with E-state index in [4.69, 9.17) is 15.5 Å². The lowest BCUT2D eigenvalue weighted by Crippen LogP contribution is -2.19. The third kappa shape index (κ3) is 2.43. The van der Waals surface area contributed by atoms with E-state index >= 15 is 0 Å². The average Bonchev–Trinajstić information content (AvgIpc) is 3.08. The highest BCUT2D eigenvalue weighted by Crippen LogP contribution is 2.38. The number of nitrogens with zero attached hydrogens (tertiary/aromatic N) is 1. The van der Waals surface area contributed by atoms with Crippen molar-refractivity contribution in [3.63, 3.8) is 0 Å². The molecule has 4 heteroatoms. The largest absolute Gasteiger partial charge is 0.368 e. The molecule has 1 saturated heterocycles. The first kappa shape index (κ1) is 12.8. The van der Waals surface area contributed by atoms with Crippen molar-refractivity contribution in [1.29, 1.82) is 0 Å². The molecule has 1 aromatic carbocycles. The van der Waals surface area contributed by atoms with Crippen molar-refractivity contribution < 1.29 is 4.74 Å². The Morgan fingerprint density at radius 1 is 1.47 bits per heavy atom. The van der Waals surface area contributed by atoms with E-state index in [0.717, 1.165) is 41.3 Å². The Hall–Kier alpha value is -1.23. The predicted molar refractivity (Wildman–Crippen MR) is 78.0 cm³/mol. The number of rotatable bonds is 3. The second kappa shape index (κ2) is 5.04. The molecule has 0 radical (unpaired) electrons. The Balaban J connectivity index is 1.92. The van der Waals surface area contributed by atoms with Crippen LogP contribution in [0.5, 0.6) is 0 Å². The third-order valence-corrected chi connectivity index (χ3v) is 4.72. The number of nitrogens with two attached hydrogens (primary N) is 1. The van der Waals surface area contributed by atoms with Gasteiger partial charge in [-0.05, 0) is 31.4 Å². The van der Waals surface area contributed by atoms with Gasteiger partial charge < -0.3 is 10.5 Å². The highest BCUT2D eigenvalue weighted by Gasteiger charge is 2.34. The molecule has 1 aromatic heterocycles. The van der Waals surface area contributed by atoms with Crippen LogP contribution in [0.25, 0.3) is 11.3 Å². The van der Waals surface area contributed by atoms with E-state index in [1.165, 1.54) is 0 Å². The van der Waals surface area contributed by atoms with Crippen LogP contribution in [-0.4, -0.2) is 11.6 Å². The molecule has 0 aliphatic carbocycles. The zero-order valence-electron chi connectivity index (χ0n) is 11.1. The van der Waals surface area contributed by atoms with E-state index < -0.39 is 0 Å². The minimum Gasteiger partial charge on any atom is -0.368 e. The molecule has 0 saturated carbocycles. The Bertz CT molecular complexity index is 573. The Kier molecular flexibility index (Phi) is 3.39. The van der Waals surface area contributed by atoms with Crippen molar-refractivity contribution in [2.75, 3.05) is 6.61 Å². The quantitative estimate of drug-likeness (QED) is 0.934. The fraction of sp³-hybridized carbons (Fsp3) is 0.400. The maximum atomic E-state index is 5.85. The molecule has 3 nitrogen and oxygen atoms in total. The molecule has 1 fully saturated rings. The summed E-state index contributed by atoms with van der Waals surface area (Å²) in [5, 5.41) is 3.19. The zero-order valence-corrected chi connectivity index (χ0v) is 11.9. The third-order valence-electron chi connectivity index (χ3n) is 3.63. The van der Waals surface area contributed by atoms with Gasteiger partial charge in [0.2, 0.25) is 0 Å². The minimum absolute atomic E-state index is 0.186. The molecule has 1 unspecified atom stereocenters. The van der Waals surface area contributed by atoms with Gasteiger partial charge in [-0.1, -0.05) is 18.2 Å². The molecular weight excluding hydrogens is 256 g/mol. The van der Waals surface area contributed by atoms with Gasteiger partial charge in [0.1, 0.15) is 10.6 Å². The van der Waals surface area contributed by atoms with Crippen molar-refractivity contribution in [1.82, 2.24) is 4.98 Å². The maximum absolute atomic E-state index is 5.85. The standard InChI is InChI=1S/C15H18N2OS/c1-15(6-3-7-18-15)14-17-13(10-19-14)12-5-2-4-11(8-12)9-16/h2,4-5,8,10H,3,6-7,9,16H2,1H3. The fourth-order valence-electron chi connectivity index (χ4n) is 2.45. The summed E-state index contributed by atoms with van der Waals surface area (Å²) in [6.07, 6.45) is 2.18. The molecule has 2 heterocycles. The van der Waals surface area contributed by atoms with Gasteiger partial charge in [0, 0.05) is 24.1 Å². The van der Waals surface area contributed by atoms with Crippen LogP contribution in [0.2, 0.25) is 0 Å². The number of hydrogen-bond acceptors (Lipinski definition) is 4. The lowest BCUT2D eigenvalue weighted by atomic mass is 10.0. The topological polar surface area (TPSA) is 48.1 Å². The van der Waals surface area contributed by atoms with Crippen LogP contribution < -0.4 is 5.73 Å². The summed E-state index contributed by atoms with van der Waals surface area (Å²) in [5.41, 5.74) is 8.79. The second-order valence-electron chi connectivity index (χ2n) is 5.13. The number of aromatic nitrogens is 1. The van der Waals surface area contributed by atoms with Crippen LogP contribution in [0.15, 0.2) is 29.6 Å².